The maximum atomic E-state index is 5.80. The van der Waals surface area contributed by atoms with Crippen molar-refractivity contribution in [1.29, 1.82) is 0 Å². The lowest BCUT2D eigenvalue weighted by atomic mass is 10.3. The summed E-state index contributed by atoms with van der Waals surface area (Å²) in [7, 11) is 0. The van der Waals surface area contributed by atoms with Crippen LogP contribution in [0.15, 0.2) is 56.6 Å². The first-order valence-electron chi connectivity index (χ1n) is 7.40. The second kappa shape index (κ2) is 7.20. The summed E-state index contributed by atoms with van der Waals surface area (Å²) in [5, 5.41) is 14.9. The Kier molecular flexibility index (Phi) is 4.80. The lowest BCUT2D eigenvalue weighted by molar-refractivity contribution is 0.510. The zero-order valence-electron chi connectivity index (χ0n) is 13.0. The van der Waals surface area contributed by atoms with Crippen LogP contribution in [-0.4, -0.2) is 20.0 Å². The Morgan fingerprint density at radius 2 is 2.00 bits per heavy atom. The summed E-state index contributed by atoms with van der Waals surface area (Å²) in [6.07, 6.45) is 0. The van der Waals surface area contributed by atoms with Gasteiger partial charge in [0.05, 0.1) is 15.8 Å². The minimum absolute atomic E-state index is 0.00835. The van der Waals surface area contributed by atoms with Crippen LogP contribution in [0, 0.1) is 3.95 Å². The molecule has 5 nitrogen and oxygen atoms in total. The summed E-state index contributed by atoms with van der Waals surface area (Å²) in [6, 6.07) is 13.8. The van der Waals surface area contributed by atoms with Crippen molar-refractivity contribution in [2.45, 2.75) is 16.5 Å². The van der Waals surface area contributed by atoms with Crippen molar-refractivity contribution in [1.82, 2.24) is 20.0 Å². The highest BCUT2D eigenvalue weighted by Crippen LogP contribution is 2.37. The van der Waals surface area contributed by atoms with Crippen LogP contribution in [0.2, 0.25) is 0 Å². The summed E-state index contributed by atoms with van der Waals surface area (Å²) in [5.74, 6) is 1.14. The molecule has 3 aromatic heterocycles. The number of hydrogen-bond donors (Lipinski definition) is 0. The Bertz CT molecular complexity index is 1020. The van der Waals surface area contributed by atoms with Crippen molar-refractivity contribution in [2.24, 2.45) is 0 Å². The predicted octanol–water partition coefficient (Wildman–Crippen LogP) is 5.63. The second-order valence-corrected chi connectivity index (χ2v) is 9.22. The van der Waals surface area contributed by atoms with Gasteiger partial charge >= 0.3 is 0 Å². The van der Waals surface area contributed by atoms with Crippen LogP contribution in [0.5, 0.6) is 0 Å². The Labute approximate surface area is 161 Å². The smallest absolute Gasteiger partial charge is 0.257 e. The van der Waals surface area contributed by atoms with Crippen molar-refractivity contribution >= 4 is 46.7 Å². The van der Waals surface area contributed by atoms with Gasteiger partial charge in [-0.2, -0.15) is 0 Å². The SMILES string of the molecule is C[C@@H](Sc1nn(-c2ccccc2)c(=S)s1)c1nnc(-c2cccs2)o1. The molecule has 1 atom stereocenters. The number of rotatable bonds is 5. The average molecular weight is 405 g/mol. The lowest BCUT2D eigenvalue weighted by Crippen LogP contribution is -1.96. The maximum Gasteiger partial charge on any atom is 0.257 e. The van der Waals surface area contributed by atoms with E-state index in [1.165, 1.54) is 11.3 Å². The normalized spacial score (nSPS) is 12.4. The van der Waals surface area contributed by atoms with Crippen LogP contribution in [0.25, 0.3) is 16.5 Å². The van der Waals surface area contributed by atoms with Crippen LogP contribution in [0.4, 0.5) is 0 Å². The summed E-state index contributed by atoms with van der Waals surface area (Å²) < 4.78 is 9.16. The monoisotopic (exact) mass is 404 g/mol. The molecule has 0 spiro atoms. The molecular formula is C16H12N4OS4. The Balaban J connectivity index is 1.54. The van der Waals surface area contributed by atoms with Gasteiger partial charge in [-0.3, -0.25) is 0 Å². The fraction of sp³-hybridized carbons (Fsp3) is 0.125. The summed E-state index contributed by atoms with van der Waals surface area (Å²) in [5.41, 5.74) is 0.959. The summed E-state index contributed by atoms with van der Waals surface area (Å²) >= 11 is 10.1. The molecule has 0 amide bonds. The highest BCUT2D eigenvalue weighted by molar-refractivity contribution is 8.01. The van der Waals surface area contributed by atoms with E-state index in [0.29, 0.717) is 15.7 Å². The van der Waals surface area contributed by atoms with Crippen LogP contribution in [-0.2, 0) is 0 Å². The number of thioether (sulfide) groups is 1. The molecule has 4 aromatic rings. The van der Waals surface area contributed by atoms with Crippen molar-refractivity contribution in [3.8, 4) is 16.5 Å². The van der Waals surface area contributed by atoms with E-state index in [-0.39, 0.29) is 5.25 Å². The highest BCUT2D eigenvalue weighted by atomic mass is 32.2. The fourth-order valence-electron chi connectivity index (χ4n) is 2.14. The number of nitrogens with zero attached hydrogens (tertiary/aromatic N) is 4. The molecule has 1 aromatic carbocycles. The van der Waals surface area contributed by atoms with E-state index in [1.807, 2.05) is 54.8 Å². The van der Waals surface area contributed by atoms with E-state index in [2.05, 4.69) is 15.3 Å². The molecule has 0 aliphatic carbocycles. The van der Waals surface area contributed by atoms with E-state index < -0.39 is 0 Å². The first-order chi connectivity index (χ1) is 12.2. The van der Waals surface area contributed by atoms with Crippen molar-refractivity contribution in [3.63, 3.8) is 0 Å². The van der Waals surface area contributed by atoms with Gasteiger partial charge in [-0.15, -0.1) is 26.6 Å². The van der Waals surface area contributed by atoms with Gasteiger partial charge in [0.2, 0.25) is 5.89 Å². The molecule has 0 fully saturated rings. The van der Waals surface area contributed by atoms with Gasteiger partial charge < -0.3 is 4.42 Å². The molecule has 9 heteroatoms. The third kappa shape index (κ3) is 3.59. The third-order valence-corrected chi connectivity index (χ3v) is 6.59. The summed E-state index contributed by atoms with van der Waals surface area (Å²) in [6.45, 7) is 2.02. The quantitative estimate of drug-likeness (QED) is 0.317. The predicted molar refractivity (Wildman–Crippen MR) is 104 cm³/mol. The number of aromatic nitrogens is 4. The zero-order valence-corrected chi connectivity index (χ0v) is 16.3. The van der Waals surface area contributed by atoms with Crippen molar-refractivity contribution < 1.29 is 4.42 Å². The molecule has 0 bridgehead atoms. The van der Waals surface area contributed by atoms with Crippen LogP contribution in [0.1, 0.15) is 18.1 Å². The molecule has 25 heavy (non-hydrogen) atoms. The van der Waals surface area contributed by atoms with E-state index in [0.717, 1.165) is 14.9 Å². The van der Waals surface area contributed by atoms with Gasteiger partial charge in [-0.25, -0.2) is 4.68 Å². The topological polar surface area (TPSA) is 56.7 Å². The van der Waals surface area contributed by atoms with E-state index in [9.17, 15) is 0 Å². The minimum Gasteiger partial charge on any atom is -0.419 e. The van der Waals surface area contributed by atoms with E-state index in [4.69, 9.17) is 16.6 Å². The third-order valence-electron chi connectivity index (χ3n) is 3.33. The molecule has 0 unspecified atom stereocenters. The summed E-state index contributed by atoms with van der Waals surface area (Å²) in [4.78, 5) is 0.972. The lowest BCUT2D eigenvalue weighted by Gasteiger charge is -2.03. The highest BCUT2D eigenvalue weighted by Gasteiger charge is 2.19. The molecule has 0 saturated carbocycles. The molecule has 0 aliphatic heterocycles. The number of hydrogen-bond acceptors (Lipinski definition) is 8. The Morgan fingerprint density at radius 1 is 1.16 bits per heavy atom. The molecule has 0 saturated heterocycles. The van der Waals surface area contributed by atoms with Gasteiger partial charge in [-0.1, -0.05) is 47.4 Å². The van der Waals surface area contributed by atoms with Crippen LogP contribution in [0.3, 0.4) is 0 Å². The van der Waals surface area contributed by atoms with Gasteiger partial charge in [0, 0.05) is 0 Å². The van der Waals surface area contributed by atoms with Crippen LogP contribution < -0.4 is 0 Å². The van der Waals surface area contributed by atoms with Crippen molar-refractivity contribution in [3.05, 3.63) is 57.7 Å². The maximum absolute atomic E-state index is 5.80. The first-order valence-corrected chi connectivity index (χ1v) is 10.4. The Hall–Kier alpha value is -1.81. The van der Waals surface area contributed by atoms with E-state index >= 15 is 0 Å². The van der Waals surface area contributed by atoms with E-state index in [1.54, 1.807) is 27.8 Å². The van der Waals surface area contributed by atoms with Gasteiger partial charge in [0.25, 0.3) is 5.89 Å². The number of thiophene rings is 1. The molecular weight excluding hydrogens is 392 g/mol. The van der Waals surface area contributed by atoms with Crippen LogP contribution >= 0.6 is 46.7 Å². The number of benzene rings is 1. The fourth-order valence-corrected chi connectivity index (χ4v) is 5.32. The second-order valence-electron chi connectivity index (χ2n) is 5.06. The van der Waals surface area contributed by atoms with Gasteiger partial charge in [0.15, 0.2) is 8.29 Å². The molecule has 0 radical (unpaired) electrons. The Morgan fingerprint density at radius 3 is 2.76 bits per heavy atom. The number of para-hydroxylation sites is 1. The molecule has 126 valence electrons. The largest absolute Gasteiger partial charge is 0.419 e. The molecule has 3 heterocycles. The molecule has 0 N–H and O–H groups in total. The first kappa shape index (κ1) is 16.6. The molecule has 0 aliphatic rings. The van der Waals surface area contributed by atoms with Gasteiger partial charge in [-0.05, 0) is 42.7 Å². The molecule has 4 rings (SSSR count). The minimum atomic E-state index is -0.00835. The zero-order chi connectivity index (χ0) is 17.2. The standard InChI is InChI=1S/C16H12N4OS4/c1-10(13-17-18-14(21-13)12-8-5-9-23-12)24-15-19-20(16(22)25-15)11-6-3-2-4-7-11/h2-10H,1H3/t10-/m1/s1. The average Bonchev–Trinajstić information content (AvgIpc) is 3.36. The van der Waals surface area contributed by atoms with Gasteiger partial charge in [0.1, 0.15) is 0 Å². The van der Waals surface area contributed by atoms with Crippen molar-refractivity contribution in [2.75, 3.05) is 0 Å².